The lowest BCUT2D eigenvalue weighted by molar-refractivity contribution is -0.163. The Morgan fingerprint density at radius 2 is 1.84 bits per heavy atom. The zero-order chi connectivity index (χ0) is 14.3. The van der Waals surface area contributed by atoms with Crippen LogP contribution in [0.4, 0.5) is 13.2 Å². The van der Waals surface area contributed by atoms with Crippen molar-refractivity contribution >= 4 is 16.1 Å². The van der Waals surface area contributed by atoms with Gasteiger partial charge in [0.1, 0.15) is 0 Å². The molecule has 5 nitrogen and oxygen atoms in total. The van der Waals surface area contributed by atoms with Crippen molar-refractivity contribution in [2.75, 3.05) is 6.79 Å². The summed E-state index contributed by atoms with van der Waals surface area (Å²) in [6.45, 7) is -1.23. The normalized spacial score (nSPS) is 30.6. The number of halogens is 3. The molecular weight excluding hydrogens is 289 g/mol. The standard InChI is InChI=1S/C10H13F3O5S/c11-10(12,13)19(15,16)18-6-17-8(14)9-3-1-7(5-9)2-4-9/h7H,1-6H2. The monoisotopic (exact) mass is 302 g/mol. The molecule has 0 radical (unpaired) electrons. The summed E-state index contributed by atoms with van der Waals surface area (Å²) < 4.78 is 65.2. The Bertz CT molecular complexity index is 462. The molecule has 0 heterocycles. The minimum Gasteiger partial charge on any atom is -0.437 e. The minimum absolute atomic E-state index is 0.465. The third kappa shape index (κ3) is 2.71. The summed E-state index contributed by atoms with van der Waals surface area (Å²) in [7, 11) is -5.71. The van der Waals surface area contributed by atoms with Crippen LogP contribution in [0.2, 0.25) is 0 Å². The van der Waals surface area contributed by atoms with Gasteiger partial charge in [-0.05, 0) is 38.0 Å². The van der Waals surface area contributed by atoms with E-state index in [4.69, 9.17) is 0 Å². The van der Waals surface area contributed by atoms with Crippen molar-refractivity contribution in [3.63, 3.8) is 0 Å². The second-order valence-electron chi connectivity index (χ2n) is 5.00. The van der Waals surface area contributed by atoms with Gasteiger partial charge in [-0.1, -0.05) is 0 Å². The van der Waals surface area contributed by atoms with Gasteiger partial charge < -0.3 is 4.74 Å². The molecule has 9 heteroatoms. The predicted octanol–water partition coefficient (Wildman–Crippen LogP) is 1.93. The fourth-order valence-electron chi connectivity index (χ4n) is 2.84. The molecule has 2 rings (SSSR count). The Hall–Kier alpha value is -0.830. The van der Waals surface area contributed by atoms with Crippen molar-refractivity contribution in [3.8, 4) is 0 Å². The zero-order valence-corrected chi connectivity index (χ0v) is 10.7. The molecule has 0 spiro atoms. The molecular formula is C10H13F3O5S. The predicted molar refractivity (Wildman–Crippen MR) is 56.0 cm³/mol. The van der Waals surface area contributed by atoms with Crippen molar-refractivity contribution in [2.24, 2.45) is 11.3 Å². The van der Waals surface area contributed by atoms with Crippen molar-refractivity contribution < 1.29 is 35.3 Å². The van der Waals surface area contributed by atoms with Gasteiger partial charge in [-0.2, -0.15) is 21.6 Å². The molecule has 19 heavy (non-hydrogen) atoms. The van der Waals surface area contributed by atoms with E-state index in [-0.39, 0.29) is 0 Å². The van der Waals surface area contributed by atoms with Crippen LogP contribution >= 0.6 is 0 Å². The molecule has 2 fully saturated rings. The maximum Gasteiger partial charge on any atom is 0.523 e. The van der Waals surface area contributed by atoms with E-state index in [1.54, 1.807) is 0 Å². The van der Waals surface area contributed by atoms with Crippen LogP contribution in [0.15, 0.2) is 0 Å². The van der Waals surface area contributed by atoms with Crippen molar-refractivity contribution in [1.29, 1.82) is 0 Å². The Morgan fingerprint density at radius 1 is 1.26 bits per heavy atom. The first-order valence-electron chi connectivity index (χ1n) is 5.79. The van der Waals surface area contributed by atoms with E-state index < -0.39 is 33.8 Å². The van der Waals surface area contributed by atoms with Gasteiger partial charge in [0.15, 0.2) is 0 Å². The maximum atomic E-state index is 12.0. The molecule has 0 saturated heterocycles. The summed E-state index contributed by atoms with van der Waals surface area (Å²) in [5.74, 6) is -0.197. The second kappa shape index (κ2) is 4.62. The van der Waals surface area contributed by atoms with Crippen molar-refractivity contribution in [2.45, 2.75) is 37.6 Å². The number of alkyl halides is 3. The van der Waals surface area contributed by atoms with E-state index in [0.29, 0.717) is 25.2 Å². The van der Waals surface area contributed by atoms with Crippen molar-refractivity contribution in [1.82, 2.24) is 0 Å². The first-order valence-corrected chi connectivity index (χ1v) is 7.20. The molecule has 0 aromatic rings. The molecule has 2 aliphatic rings. The van der Waals surface area contributed by atoms with E-state index in [2.05, 4.69) is 8.92 Å². The van der Waals surface area contributed by atoms with E-state index in [1.165, 1.54) is 0 Å². The third-order valence-corrected chi connectivity index (χ3v) is 4.82. The topological polar surface area (TPSA) is 69.7 Å². The molecule has 2 saturated carbocycles. The largest absolute Gasteiger partial charge is 0.523 e. The highest BCUT2D eigenvalue weighted by Gasteiger charge is 2.52. The van der Waals surface area contributed by atoms with Gasteiger partial charge in [-0.15, -0.1) is 0 Å². The smallest absolute Gasteiger partial charge is 0.437 e. The van der Waals surface area contributed by atoms with Gasteiger partial charge in [0.2, 0.25) is 6.79 Å². The van der Waals surface area contributed by atoms with Crippen LogP contribution in [0.5, 0.6) is 0 Å². The summed E-state index contributed by atoms with van der Waals surface area (Å²) in [6, 6.07) is 0. The Balaban J connectivity index is 1.85. The second-order valence-corrected chi connectivity index (χ2v) is 6.60. The molecule has 2 aliphatic carbocycles. The van der Waals surface area contributed by atoms with Crippen LogP contribution in [-0.2, 0) is 23.8 Å². The lowest BCUT2D eigenvalue weighted by atomic mass is 9.84. The van der Waals surface area contributed by atoms with E-state index >= 15 is 0 Å². The number of esters is 1. The molecule has 0 unspecified atom stereocenters. The Kier molecular flexibility index (Phi) is 3.54. The quantitative estimate of drug-likeness (QED) is 0.343. The number of hydrogen-bond donors (Lipinski definition) is 0. The van der Waals surface area contributed by atoms with Gasteiger partial charge in [-0.25, -0.2) is 4.18 Å². The lowest BCUT2D eigenvalue weighted by Gasteiger charge is -2.23. The van der Waals surface area contributed by atoms with Crippen LogP contribution < -0.4 is 0 Å². The average molecular weight is 302 g/mol. The van der Waals surface area contributed by atoms with Gasteiger partial charge in [0, 0.05) is 0 Å². The van der Waals surface area contributed by atoms with Gasteiger partial charge in [-0.3, -0.25) is 4.79 Å². The number of rotatable bonds is 4. The highest BCUT2D eigenvalue weighted by Crippen LogP contribution is 2.54. The van der Waals surface area contributed by atoms with Crippen LogP contribution in [-0.4, -0.2) is 26.7 Å². The summed E-state index contributed by atoms with van der Waals surface area (Å²) in [5, 5.41) is 0. The fraction of sp³-hybridized carbons (Fsp3) is 0.900. The summed E-state index contributed by atoms with van der Waals surface area (Å²) in [4.78, 5) is 11.8. The molecule has 0 atom stereocenters. The van der Waals surface area contributed by atoms with Crippen molar-refractivity contribution in [3.05, 3.63) is 0 Å². The number of carbonyl (C=O) groups is 1. The maximum absolute atomic E-state index is 12.0. The van der Waals surface area contributed by atoms with Gasteiger partial charge in [0.25, 0.3) is 0 Å². The highest BCUT2D eigenvalue weighted by atomic mass is 32.2. The van der Waals surface area contributed by atoms with Crippen LogP contribution in [0.3, 0.4) is 0 Å². The van der Waals surface area contributed by atoms with E-state index in [0.717, 1.165) is 12.8 Å². The first-order chi connectivity index (χ1) is 8.66. The number of hydrogen-bond acceptors (Lipinski definition) is 5. The summed E-state index contributed by atoms with van der Waals surface area (Å²) in [6.07, 6.45) is 3.75. The van der Waals surface area contributed by atoms with Crippen LogP contribution in [0.25, 0.3) is 0 Å². The van der Waals surface area contributed by atoms with E-state index in [1.807, 2.05) is 0 Å². The lowest BCUT2D eigenvalue weighted by Crippen LogP contribution is -2.31. The minimum atomic E-state index is -5.71. The Morgan fingerprint density at radius 3 is 2.26 bits per heavy atom. The first kappa shape index (κ1) is 14.6. The molecule has 2 bridgehead atoms. The average Bonchev–Trinajstić information content (AvgIpc) is 2.88. The molecule has 0 amide bonds. The number of carbonyl (C=O) groups excluding carboxylic acids is 1. The van der Waals surface area contributed by atoms with Crippen LogP contribution in [0.1, 0.15) is 32.1 Å². The van der Waals surface area contributed by atoms with Gasteiger partial charge >= 0.3 is 21.6 Å². The molecule has 110 valence electrons. The Labute approximate surface area is 108 Å². The number of ether oxygens (including phenoxy) is 1. The SMILES string of the molecule is O=C(OCOS(=O)(=O)C(F)(F)F)C12CCC(CC1)C2. The molecule has 0 aromatic carbocycles. The summed E-state index contributed by atoms with van der Waals surface area (Å²) in [5.41, 5.74) is -6.15. The fourth-order valence-corrected chi connectivity index (χ4v) is 3.15. The van der Waals surface area contributed by atoms with Crippen LogP contribution in [0, 0.1) is 11.3 Å². The highest BCUT2D eigenvalue weighted by molar-refractivity contribution is 7.87. The van der Waals surface area contributed by atoms with Gasteiger partial charge in [0.05, 0.1) is 5.41 Å². The number of fused-ring (bicyclic) bond motifs is 2. The molecule has 0 aromatic heterocycles. The molecule has 0 aliphatic heterocycles. The summed E-state index contributed by atoms with van der Waals surface area (Å²) >= 11 is 0. The zero-order valence-electron chi connectivity index (χ0n) is 9.90. The van der Waals surface area contributed by atoms with E-state index in [9.17, 15) is 26.4 Å². The third-order valence-electron chi connectivity index (χ3n) is 3.85. The molecule has 0 N–H and O–H groups in total.